The van der Waals surface area contributed by atoms with Crippen molar-refractivity contribution in [3.8, 4) is 11.4 Å². The lowest BCUT2D eigenvalue weighted by Crippen LogP contribution is -2.29. The number of nitrogens with one attached hydrogen (secondary N) is 1. The Morgan fingerprint density at radius 1 is 1.03 bits per heavy atom. The van der Waals surface area contributed by atoms with Crippen LogP contribution in [0.1, 0.15) is 26.2 Å². The molecule has 30 heavy (non-hydrogen) atoms. The second-order valence-corrected chi connectivity index (χ2v) is 8.75. The van der Waals surface area contributed by atoms with E-state index in [-0.39, 0.29) is 11.2 Å². The molecule has 0 radical (unpaired) electrons. The first-order valence-electron chi connectivity index (χ1n) is 10.2. The van der Waals surface area contributed by atoms with Gasteiger partial charge in [-0.3, -0.25) is 9.78 Å². The Hall–Kier alpha value is -2.87. The third kappa shape index (κ3) is 4.64. The summed E-state index contributed by atoms with van der Waals surface area (Å²) >= 11 is 1.39. The van der Waals surface area contributed by atoms with Crippen molar-refractivity contribution in [3.05, 3.63) is 48.8 Å². The van der Waals surface area contributed by atoms with Gasteiger partial charge in [-0.2, -0.15) is 0 Å². The number of benzene rings is 1. The average Bonchev–Trinajstić information content (AvgIpc) is 3.15. The quantitative estimate of drug-likeness (QED) is 0.606. The minimum atomic E-state index is -0.306. The lowest BCUT2D eigenvalue weighted by Gasteiger charge is -2.28. The fraction of sp³-hybridized carbons (Fsp3) is 0.364. The predicted molar refractivity (Wildman–Crippen MR) is 121 cm³/mol. The second-order valence-electron chi connectivity index (χ2n) is 7.44. The topological polar surface area (TPSA) is 75.9 Å². The van der Waals surface area contributed by atoms with E-state index in [0.29, 0.717) is 5.16 Å². The first-order chi connectivity index (χ1) is 14.6. The van der Waals surface area contributed by atoms with Gasteiger partial charge in [0.1, 0.15) is 0 Å². The van der Waals surface area contributed by atoms with Crippen LogP contribution < -0.4 is 10.2 Å². The molecule has 1 aliphatic rings. The maximum atomic E-state index is 12.7. The summed E-state index contributed by atoms with van der Waals surface area (Å²) in [5.74, 6) is 0.694. The number of hydrogen-bond donors (Lipinski definition) is 1. The van der Waals surface area contributed by atoms with Crippen molar-refractivity contribution in [3.63, 3.8) is 0 Å². The van der Waals surface area contributed by atoms with E-state index in [1.807, 2.05) is 42.8 Å². The number of aromatic nitrogens is 4. The molecular formula is C22H26N6OS. The van der Waals surface area contributed by atoms with E-state index in [2.05, 4.69) is 37.5 Å². The SMILES string of the molecule is C[C@@H](Sc1nnc(-c2ccncc2)n1C)C(=O)Nc1ccc(N2CCCCC2)cc1. The smallest absolute Gasteiger partial charge is 0.237 e. The van der Waals surface area contributed by atoms with Gasteiger partial charge in [-0.25, -0.2) is 0 Å². The number of rotatable bonds is 6. The van der Waals surface area contributed by atoms with E-state index in [1.165, 1.54) is 36.7 Å². The summed E-state index contributed by atoms with van der Waals surface area (Å²) in [6, 6.07) is 11.9. The van der Waals surface area contributed by atoms with E-state index in [0.717, 1.165) is 30.2 Å². The van der Waals surface area contributed by atoms with Crippen LogP contribution in [0.5, 0.6) is 0 Å². The molecule has 0 bridgehead atoms. The van der Waals surface area contributed by atoms with E-state index in [9.17, 15) is 4.79 Å². The van der Waals surface area contributed by atoms with E-state index < -0.39 is 0 Å². The van der Waals surface area contributed by atoms with Gasteiger partial charge in [0.25, 0.3) is 0 Å². The molecule has 1 aromatic carbocycles. The highest BCUT2D eigenvalue weighted by Crippen LogP contribution is 2.27. The standard InChI is InChI=1S/C22H26N6OS/c1-16(30-22-26-25-20(27(22)2)17-10-12-23-13-11-17)21(29)24-18-6-8-19(9-7-18)28-14-4-3-5-15-28/h6-13,16H,3-5,14-15H2,1-2H3,(H,24,29)/t16-/m1/s1. The van der Waals surface area contributed by atoms with Gasteiger partial charge in [-0.1, -0.05) is 11.8 Å². The van der Waals surface area contributed by atoms with Crippen LogP contribution in [-0.4, -0.2) is 44.0 Å². The predicted octanol–water partition coefficient (Wildman–Crippen LogP) is 3.99. The zero-order valence-electron chi connectivity index (χ0n) is 17.3. The van der Waals surface area contributed by atoms with Gasteiger partial charge in [0.2, 0.25) is 5.91 Å². The number of amides is 1. The molecule has 156 valence electrons. The second kappa shape index (κ2) is 9.30. The van der Waals surface area contributed by atoms with Gasteiger partial charge < -0.3 is 14.8 Å². The zero-order chi connectivity index (χ0) is 20.9. The van der Waals surface area contributed by atoms with Gasteiger partial charge >= 0.3 is 0 Å². The molecule has 3 aromatic rings. The number of thioether (sulfide) groups is 1. The minimum Gasteiger partial charge on any atom is -0.372 e. The van der Waals surface area contributed by atoms with Gasteiger partial charge in [-0.05, 0) is 62.6 Å². The fourth-order valence-corrected chi connectivity index (χ4v) is 4.35. The molecule has 0 spiro atoms. The Bertz CT molecular complexity index is 983. The fourth-order valence-electron chi connectivity index (χ4n) is 3.53. The Kier molecular flexibility index (Phi) is 6.32. The number of anilines is 2. The summed E-state index contributed by atoms with van der Waals surface area (Å²) < 4.78 is 1.90. The summed E-state index contributed by atoms with van der Waals surface area (Å²) in [5, 5.41) is 11.9. The number of pyridine rings is 1. The molecule has 0 saturated carbocycles. The monoisotopic (exact) mass is 422 g/mol. The molecule has 1 fully saturated rings. The highest BCUT2D eigenvalue weighted by atomic mass is 32.2. The summed E-state index contributed by atoms with van der Waals surface area (Å²) in [5.41, 5.74) is 2.97. The lowest BCUT2D eigenvalue weighted by molar-refractivity contribution is -0.115. The number of piperidine rings is 1. The molecule has 1 amide bonds. The Morgan fingerprint density at radius 2 is 1.73 bits per heavy atom. The third-order valence-corrected chi connectivity index (χ3v) is 6.41. The molecule has 1 saturated heterocycles. The van der Waals surface area contributed by atoms with Crippen molar-refractivity contribution in [2.45, 2.75) is 36.6 Å². The van der Waals surface area contributed by atoms with Crippen LogP contribution in [0.15, 0.2) is 53.9 Å². The molecular weight excluding hydrogens is 396 g/mol. The third-order valence-electron chi connectivity index (χ3n) is 5.28. The molecule has 0 aliphatic carbocycles. The summed E-state index contributed by atoms with van der Waals surface area (Å²) in [6.07, 6.45) is 7.26. The van der Waals surface area contributed by atoms with E-state index >= 15 is 0 Å². The lowest BCUT2D eigenvalue weighted by atomic mass is 10.1. The first-order valence-corrected chi connectivity index (χ1v) is 11.1. The zero-order valence-corrected chi connectivity index (χ0v) is 18.1. The summed E-state index contributed by atoms with van der Waals surface area (Å²) in [4.78, 5) is 19.1. The Labute approximate surface area is 180 Å². The van der Waals surface area contributed by atoms with Crippen molar-refractivity contribution in [1.29, 1.82) is 0 Å². The van der Waals surface area contributed by atoms with Crippen LogP contribution >= 0.6 is 11.8 Å². The molecule has 1 N–H and O–H groups in total. The van der Waals surface area contributed by atoms with Crippen LogP contribution in [0.2, 0.25) is 0 Å². The molecule has 1 atom stereocenters. The normalized spacial score (nSPS) is 15.1. The Balaban J connectivity index is 1.37. The highest BCUT2D eigenvalue weighted by Gasteiger charge is 2.20. The van der Waals surface area contributed by atoms with Gasteiger partial charge in [0.15, 0.2) is 11.0 Å². The molecule has 1 aliphatic heterocycles. The molecule has 4 rings (SSSR count). The van der Waals surface area contributed by atoms with Crippen LogP contribution in [0.4, 0.5) is 11.4 Å². The largest absolute Gasteiger partial charge is 0.372 e. The average molecular weight is 423 g/mol. The molecule has 8 heteroatoms. The van der Waals surface area contributed by atoms with Crippen LogP contribution in [0, 0.1) is 0 Å². The summed E-state index contributed by atoms with van der Waals surface area (Å²) in [7, 11) is 1.90. The maximum Gasteiger partial charge on any atom is 0.237 e. The minimum absolute atomic E-state index is 0.0563. The maximum absolute atomic E-state index is 12.7. The summed E-state index contributed by atoms with van der Waals surface area (Å²) in [6.45, 7) is 4.10. The number of nitrogens with zero attached hydrogens (tertiary/aromatic N) is 5. The van der Waals surface area contributed by atoms with Crippen LogP contribution in [0.3, 0.4) is 0 Å². The van der Waals surface area contributed by atoms with Crippen molar-refractivity contribution in [1.82, 2.24) is 19.7 Å². The Morgan fingerprint density at radius 3 is 2.43 bits per heavy atom. The molecule has 0 unspecified atom stereocenters. The van der Waals surface area contributed by atoms with Gasteiger partial charge in [0.05, 0.1) is 5.25 Å². The first kappa shape index (κ1) is 20.4. The molecule has 3 heterocycles. The number of carbonyl (C=O) groups is 1. The van der Waals surface area contributed by atoms with E-state index in [1.54, 1.807) is 12.4 Å². The van der Waals surface area contributed by atoms with Crippen molar-refractivity contribution >= 4 is 29.0 Å². The number of carbonyl (C=O) groups excluding carboxylic acids is 1. The molecule has 7 nitrogen and oxygen atoms in total. The van der Waals surface area contributed by atoms with Crippen LogP contribution in [-0.2, 0) is 11.8 Å². The van der Waals surface area contributed by atoms with E-state index in [4.69, 9.17) is 0 Å². The van der Waals surface area contributed by atoms with Crippen LogP contribution in [0.25, 0.3) is 11.4 Å². The van der Waals surface area contributed by atoms with Crippen molar-refractivity contribution in [2.24, 2.45) is 7.05 Å². The number of hydrogen-bond acceptors (Lipinski definition) is 6. The van der Waals surface area contributed by atoms with Crippen molar-refractivity contribution < 1.29 is 4.79 Å². The van der Waals surface area contributed by atoms with Crippen molar-refractivity contribution in [2.75, 3.05) is 23.3 Å². The molecule has 2 aromatic heterocycles. The highest BCUT2D eigenvalue weighted by molar-refractivity contribution is 8.00. The van der Waals surface area contributed by atoms with Gasteiger partial charge in [0, 0.05) is 49.5 Å². The van der Waals surface area contributed by atoms with Gasteiger partial charge in [-0.15, -0.1) is 10.2 Å².